The molecule has 0 bridgehead atoms. The van der Waals surface area contributed by atoms with Crippen molar-refractivity contribution in [3.63, 3.8) is 0 Å². The Bertz CT molecular complexity index is 1110. The van der Waals surface area contributed by atoms with Crippen LogP contribution in [0.3, 0.4) is 0 Å². The second kappa shape index (κ2) is 6.45. The molecule has 0 amide bonds. The van der Waals surface area contributed by atoms with Crippen LogP contribution in [0.5, 0.6) is 0 Å². The van der Waals surface area contributed by atoms with Crippen molar-refractivity contribution in [2.24, 2.45) is 0 Å². The molecule has 4 aromatic rings. The lowest BCUT2D eigenvalue weighted by Crippen LogP contribution is -2.09. The number of thiophene rings is 1. The molecule has 0 aliphatic heterocycles. The van der Waals surface area contributed by atoms with Crippen LogP contribution in [0.1, 0.15) is 17.0 Å². The van der Waals surface area contributed by atoms with Crippen molar-refractivity contribution in [2.75, 3.05) is 0 Å². The number of hydrogen-bond acceptors (Lipinski definition) is 7. The minimum Gasteiger partial charge on any atom is -0.411 e. The van der Waals surface area contributed by atoms with Gasteiger partial charge in [-0.2, -0.15) is 0 Å². The minimum atomic E-state index is -0.114. The van der Waals surface area contributed by atoms with Crippen LogP contribution in [0.4, 0.5) is 0 Å². The monoisotopic (exact) mass is 370 g/mol. The third-order valence-electron chi connectivity index (χ3n) is 3.86. The number of nitrogens with zero attached hydrogens (tertiary/aromatic N) is 3. The van der Waals surface area contributed by atoms with Crippen LogP contribution >= 0.6 is 23.1 Å². The first kappa shape index (κ1) is 16.0. The summed E-state index contributed by atoms with van der Waals surface area (Å²) in [5, 5.41) is 10.5. The van der Waals surface area contributed by atoms with Crippen LogP contribution < -0.4 is 5.56 Å². The predicted molar refractivity (Wildman–Crippen MR) is 99.0 cm³/mol. The molecule has 0 aliphatic rings. The molecule has 126 valence electrons. The summed E-state index contributed by atoms with van der Waals surface area (Å²) in [7, 11) is 0. The molecule has 0 spiro atoms. The van der Waals surface area contributed by atoms with E-state index in [9.17, 15) is 4.79 Å². The van der Waals surface area contributed by atoms with E-state index in [2.05, 4.69) is 27.1 Å². The van der Waals surface area contributed by atoms with Gasteiger partial charge in [0.1, 0.15) is 10.5 Å². The summed E-state index contributed by atoms with van der Waals surface area (Å²) in [5.74, 6) is 1.53. The molecular weight excluding hydrogens is 356 g/mol. The molecule has 1 aromatic carbocycles. The maximum atomic E-state index is 12.0. The van der Waals surface area contributed by atoms with Crippen LogP contribution in [0.2, 0.25) is 0 Å². The number of benzene rings is 1. The number of H-pyrrole nitrogens is 1. The summed E-state index contributed by atoms with van der Waals surface area (Å²) >= 11 is 2.73. The van der Waals surface area contributed by atoms with Gasteiger partial charge in [-0.15, -0.1) is 21.5 Å². The van der Waals surface area contributed by atoms with E-state index in [-0.39, 0.29) is 5.56 Å². The molecule has 3 aromatic heterocycles. The normalized spacial score (nSPS) is 11.3. The van der Waals surface area contributed by atoms with Gasteiger partial charge in [0.2, 0.25) is 5.89 Å². The van der Waals surface area contributed by atoms with Gasteiger partial charge in [0, 0.05) is 5.56 Å². The average molecular weight is 370 g/mol. The molecule has 8 heteroatoms. The third-order valence-corrected chi connectivity index (χ3v) is 5.59. The molecule has 0 saturated heterocycles. The molecule has 3 heterocycles. The molecule has 4 rings (SSSR count). The summed E-state index contributed by atoms with van der Waals surface area (Å²) in [5.41, 5.74) is 3.89. The highest BCUT2D eigenvalue weighted by molar-refractivity contribution is 7.98. The van der Waals surface area contributed by atoms with Crippen LogP contribution in [0.25, 0.3) is 21.7 Å². The maximum Gasteiger partial charge on any atom is 0.277 e. The quantitative estimate of drug-likeness (QED) is 0.548. The van der Waals surface area contributed by atoms with E-state index < -0.39 is 0 Å². The van der Waals surface area contributed by atoms with Gasteiger partial charge in [0.25, 0.3) is 10.8 Å². The van der Waals surface area contributed by atoms with Crippen LogP contribution in [-0.2, 0) is 5.75 Å². The van der Waals surface area contributed by atoms with E-state index in [0.717, 1.165) is 5.56 Å². The van der Waals surface area contributed by atoms with Crippen LogP contribution in [0, 0.1) is 13.8 Å². The zero-order valence-corrected chi connectivity index (χ0v) is 15.2. The Morgan fingerprint density at radius 1 is 1.20 bits per heavy atom. The molecule has 6 nitrogen and oxygen atoms in total. The fourth-order valence-corrected chi connectivity index (χ4v) is 3.74. The Balaban J connectivity index is 1.52. The van der Waals surface area contributed by atoms with E-state index in [4.69, 9.17) is 4.42 Å². The first-order chi connectivity index (χ1) is 12.1. The fourth-order valence-electron chi connectivity index (χ4n) is 2.38. The number of aromatic nitrogens is 4. The molecule has 0 atom stereocenters. The van der Waals surface area contributed by atoms with Crippen LogP contribution in [-0.4, -0.2) is 20.2 Å². The van der Waals surface area contributed by atoms with E-state index in [0.29, 0.717) is 32.9 Å². The van der Waals surface area contributed by atoms with Crippen LogP contribution in [0.15, 0.2) is 44.1 Å². The highest BCUT2D eigenvalue weighted by Crippen LogP contribution is 2.26. The average Bonchev–Trinajstić information content (AvgIpc) is 3.25. The van der Waals surface area contributed by atoms with Crippen molar-refractivity contribution in [3.8, 4) is 11.5 Å². The molecule has 0 radical (unpaired) electrons. The summed E-state index contributed by atoms with van der Waals surface area (Å²) in [6.45, 7) is 4.11. The Kier molecular flexibility index (Phi) is 4.14. The number of fused-ring (bicyclic) bond motifs is 1. The Hall–Kier alpha value is -2.45. The van der Waals surface area contributed by atoms with Crippen molar-refractivity contribution in [2.45, 2.75) is 24.8 Å². The van der Waals surface area contributed by atoms with Gasteiger partial charge < -0.3 is 9.40 Å². The number of rotatable bonds is 4. The summed E-state index contributed by atoms with van der Waals surface area (Å²) in [6, 6.07) is 7.87. The summed E-state index contributed by atoms with van der Waals surface area (Å²) < 4.78 is 6.35. The lowest BCUT2D eigenvalue weighted by atomic mass is 10.1. The fraction of sp³-hybridized carbons (Fsp3) is 0.176. The molecule has 0 aliphatic carbocycles. The van der Waals surface area contributed by atoms with E-state index >= 15 is 0 Å². The smallest absolute Gasteiger partial charge is 0.277 e. The lowest BCUT2D eigenvalue weighted by molar-refractivity contribution is 0.465. The molecule has 0 unspecified atom stereocenters. The predicted octanol–water partition coefficient (Wildman–Crippen LogP) is 3.94. The van der Waals surface area contributed by atoms with E-state index in [1.165, 1.54) is 34.2 Å². The zero-order valence-electron chi connectivity index (χ0n) is 13.6. The molecule has 25 heavy (non-hydrogen) atoms. The number of aromatic amines is 1. The van der Waals surface area contributed by atoms with Crippen molar-refractivity contribution in [1.29, 1.82) is 0 Å². The largest absolute Gasteiger partial charge is 0.411 e. The summed E-state index contributed by atoms with van der Waals surface area (Å²) in [6.07, 6.45) is 0. The number of nitrogens with one attached hydrogen (secondary N) is 1. The SMILES string of the molecule is Cc1ccc(-c2nnc(SCc3nc4ccsc4c(=O)[nH]3)o2)cc1C. The van der Waals surface area contributed by atoms with Crippen molar-refractivity contribution >= 4 is 33.3 Å². The third kappa shape index (κ3) is 3.22. The van der Waals surface area contributed by atoms with E-state index in [1.807, 2.05) is 36.6 Å². The van der Waals surface area contributed by atoms with Gasteiger partial charge in [-0.05, 0) is 48.6 Å². The van der Waals surface area contributed by atoms with Gasteiger partial charge in [-0.25, -0.2) is 4.98 Å². The van der Waals surface area contributed by atoms with Crippen molar-refractivity contribution in [3.05, 3.63) is 57.0 Å². The minimum absolute atomic E-state index is 0.114. The highest BCUT2D eigenvalue weighted by Gasteiger charge is 2.11. The van der Waals surface area contributed by atoms with Gasteiger partial charge in [-0.3, -0.25) is 4.79 Å². The highest BCUT2D eigenvalue weighted by atomic mass is 32.2. The van der Waals surface area contributed by atoms with Crippen molar-refractivity contribution < 1.29 is 4.42 Å². The lowest BCUT2D eigenvalue weighted by Gasteiger charge is -2.01. The van der Waals surface area contributed by atoms with Gasteiger partial charge in [0.15, 0.2) is 0 Å². The molecule has 0 saturated carbocycles. The first-order valence-electron chi connectivity index (χ1n) is 7.60. The Morgan fingerprint density at radius 3 is 2.92 bits per heavy atom. The molecule has 1 N–H and O–H groups in total. The van der Waals surface area contributed by atoms with Crippen molar-refractivity contribution in [1.82, 2.24) is 20.2 Å². The second-order valence-corrected chi connectivity index (χ2v) is 7.45. The standard InChI is InChI=1S/C17H14N4O2S2/c1-9-3-4-11(7-10(9)2)16-20-21-17(23-16)25-8-13-18-12-5-6-24-14(12)15(22)19-13/h3-7H,8H2,1-2H3,(H,18,19,22). The number of aryl methyl sites for hydroxylation is 2. The Labute approximate surface area is 151 Å². The van der Waals surface area contributed by atoms with Gasteiger partial charge >= 0.3 is 0 Å². The Morgan fingerprint density at radius 2 is 2.08 bits per heavy atom. The number of thioether (sulfide) groups is 1. The zero-order chi connectivity index (χ0) is 17.4. The molecule has 0 fully saturated rings. The summed E-state index contributed by atoms with van der Waals surface area (Å²) in [4.78, 5) is 19.2. The van der Waals surface area contributed by atoms with Gasteiger partial charge in [-0.1, -0.05) is 17.8 Å². The van der Waals surface area contributed by atoms with Gasteiger partial charge in [0.05, 0.1) is 11.3 Å². The van der Waals surface area contributed by atoms with E-state index in [1.54, 1.807) is 0 Å². The topological polar surface area (TPSA) is 84.7 Å². The second-order valence-electron chi connectivity index (χ2n) is 5.61. The number of hydrogen-bond donors (Lipinski definition) is 1. The first-order valence-corrected chi connectivity index (χ1v) is 9.47. The molecular formula is C17H14N4O2S2. The maximum absolute atomic E-state index is 12.0.